The topological polar surface area (TPSA) is 49.4 Å². The van der Waals surface area contributed by atoms with Gasteiger partial charge in [-0.1, -0.05) is 19.3 Å². The number of hydrogen-bond donors (Lipinski definition) is 1. The maximum absolute atomic E-state index is 13.1. The molecule has 3 aliphatic rings. The monoisotopic (exact) mass is 310 g/mol. The first-order valence-electron chi connectivity index (χ1n) is 8.25. The molecule has 1 saturated heterocycles. The molecule has 0 aromatic heterocycles. The highest BCUT2D eigenvalue weighted by atomic mass is 32.2. The van der Waals surface area contributed by atoms with Crippen molar-refractivity contribution in [1.29, 1.82) is 0 Å². The Balaban J connectivity index is 1.84. The molecule has 1 N–H and O–H groups in total. The number of carbonyl (C=O) groups is 2. The molecule has 0 aromatic rings. The first-order valence-corrected chi connectivity index (χ1v) is 9.54. The van der Waals surface area contributed by atoms with Crippen molar-refractivity contribution in [3.63, 3.8) is 0 Å². The summed E-state index contributed by atoms with van der Waals surface area (Å²) in [6.45, 7) is 1.89. The molecule has 1 heterocycles. The van der Waals surface area contributed by atoms with E-state index < -0.39 is 5.54 Å². The zero-order valence-corrected chi connectivity index (χ0v) is 13.9. The van der Waals surface area contributed by atoms with E-state index in [0.29, 0.717) is 5.25 Å². The molecule has 1 spiro atoms. The van der Waals surface area contributed by atoms with Crippen molar-refractivity contribution in [3.05, 3.63) is 0 Å². The average Bonchev–Trinajstić information content (AvgIpc) is 2.95. The molecular formula is C16H26N2O2S. The average molecular weight is 310 g/mol. The van der Waals surface area contributed by atoms with Crippen molar-refractivity contribution in [2.75, 3.05) is 6.26 Å². The van der Waals surface area contributed by atoms with Gasteiger partial charge in [-0.15, -0.1) is 0 Å². The predicted octanol–water partition coefficient (Wildman–Crippen LogP) is 2.32. The van der Waals surface area contributed by atoms with Crippen LogP contribution in [0.5, 0.6) is 0 Å². The van der Waals surface area contributed by atoms with Crippen LogP contribution in [0.3, 0.4) is 0 Å². The van der Waals surface area contributed by atoms with Gasteiger partial charge in [0.15, 0.2) is 0 Å². The first-order chi connectivity index (χ1) is 10.1. The number of nitrogens with zero attached hydrogens (tertiary/aromatic N) is 1. The van der Waals surface area contributed by atoms with Gasteiger partial charge in [-0.2, -0.15) is 11.8 Å². The molecule has 0 aromatic carbocycles. The normalized spacial score (nSPS) is 36.1. The molecule has 0 bridgehead atoms. The Labute approximate surface area is 131 Å². The van der Waals surface area contributed by atoms with Crippen LogP contribution in [-0.2, 0) is 9.59 Å². The molecular weight excluding hydrogens is 284 g/mol. The van der Waals surface area contributed by atoms with E-state index in [1.807, 2.05) is 23.6 Å². The number of piperazine rings is 1. The van der Waals surface area contributed by atoms with Gasteiger partial charge in [0.2, 0.25) is 11.8 Å². The molecule has 2 amide bonds. The van der Waals surface area contributed by atoms with E-state index in [-0.39, 0.29) is 23.9 Å². The van der Waals surface area contributed by atoms with Gasteiger partial charge in [-0.05, 0) is 45.3 Å². The second kappa shape index (κ2) is 5.82. The Hall–Kier alpha value is -0.710. The van der Waals surface area contributed by atoms with Gasteiger partial charge in [-0.3, -0.25) is 9.59 Å². The zero-order valence-electron chi connectivity index (χ0n) is 13.1. The lowest BCUT2D eigenvalue weighted by Gasteiger charge is -2.48. The summed E-state index contributed by atoms with van der Waals surface area (Å²) in [7, 11) is 0. The van der Waals surface area contributed by atoms with Crippen molar-refractivity contribution < 1.29 is 9.59 Å². The summed E-state index contributed by atoms with van der Waals surface area (Å²) < 4.78 is 0. The minimum absolute atomic E-state index is 0.0442. The fourth-order valence-electron chi connectivity index (χ4n) is 4.33. The van der Waals surface area contributed by atoms with Gasteiger partial charge in [-0.25, -0.2) is 0 Å². The molecule has 4 nitrogen and oxygen atoms in total. The predicted molar refractivity (Wildman–Crippen MR) is 85.2 cm³/mol. The van der Waals surface area contributed by atoms with E-state index in [1.165, 1.54) is 12.8 Å². The lowest BCUT2D eigenvalue weighted by atomic mass is 9.86. The van der Waals surface area contributed by atoms with Crippen molar-refractivity contribution in [2.45, 2.75) is 81.2 Å². The Morgan fingerprint density at radius 1 is 1.19 bits per heavy atom. The van der Waals surface area contributed by atoms with Gasteiger partial charge >= 0.3 is 0 Å². The number of nitrogens with one attached hydrogen (secondary N) is 1. The number of hydrogen-bond acceptors (Lipinski definition) is 3. The van der Waals surface area contributed by atoms with Crippen LogP contribution in [0.1, 0.15) is 58.3 Å². The summed E-state index contributed by atoms with van der Waals surface area (Å²) in [5.74, 6) is 0.238. The molecule has 118 valence electrons. The Kier molecular flexibility index (Phi) is 4.21. The van der Waals surface area contributed by atoms with Gasteiger partial charge in [0.1, 0.15) is 11.6 Å². The minimum Gasteiger partial charge on any atom is -0.340 e. The number of thioether (sulfide) groups is 1. The molecule has 1 aliphatic heterocycles. The van der Waals surface area contributed by atoms with Crippen molar-refractivity contribution in [1.82, 2.24) is 10.2 Å². The van der Waals surface area contributed by atoms with Crippen molar-refractivity contribution in [2.24, 2.45) is 0 Å². The highest BCUT2D eigenvalue weighted by molar-refractivity contribution is 7.99. The molecule has 21 heavy (non-hydrogen) atoms. The Morgan fingerprint density at radius 3 is 2.57 bits per heavy atom. The van der Waals surface area contributed by atoms with Gasteiger partial charge in [0, 0.05) is 11.3 Å². The lowest BCUT2D eigenvalue weighted by molar-refractivity contribution is -0.157. The van der Waals surface area contributed by atoms with Crippen LogP contribution in [-0.4, -0.2) is 45.8 Å². The zero-order chi connectivity index (χ0) is 15.0. The lowest BCUT2D eigenvalue weighted by Crippen LogP contribution is -2.70. The fraction of sp³-hybridized carbons (Fsp3) is 0.875. The van der Waals surface area contributed by atoms with E-state index >= 15 is 0 Å². The molecule has 3 rings (SSSR count). The van der Waals surface area contributed by atoms with Crippen molar-refractivity contribution in [3.8, 4) is 0 Å². The van der Waals surface area contributed by atoms with Crippen molar-refractivity contribution >= 4 is 23.6 Å². The van der Waals surface area contributed by atoms with Gasteiger partial charge < -0.3 is 10.2 Å². The molecule has 3 unspecified atom stereocenters. The summed E-state index contributed by atoms with van der Waals surface area (Å²) in [5, 5.41) is 3.68. The molecule has 3 atom stereocenters. The number of rotatable bonds is 2. The summed E-state index contributed by atoms with van der Waals surface area (Å²) in [5.41, 5.74) is -0.574. The fourth-order valence-corrected chi connectivity index (χ4v) is 5.15. The summed E-state index contributed by atoms with van der Waals surface area (Å²) >= 11 is 1.90. The van der Waals surface area contributed by atoms with Crippen LogP contribution < -0.4 is 5.32 Å². The van der Waals surface area contributed by atoms with Crippen LogP contribution in [0.2, 0.25) is 0 Å². The summed E-state index contributed by atoms with van der Waals surface area (Å²) in [6.07, 6.45) is 10.4. The van der Waals surface area contributed by atoms with E-state index in [2.05, 4.69) is 11.6 Å². The first kappa shape index (κ1) is 15.2. The van der Waals surface area contributed by atoms with Crippen LogP contribution in [0.25, 0.3) is 0 Å². The second-order valence-electron chi connectivity index (χ2n) is 6.85. The second-order valence-corrected chi connectivity index (χ2v) is 7.98. The highest BCUT2D eigenvalue weighted by Gasteiger charge is 2.52. The van der Waals surface area contributed by atoms with E-state index in [4.69, 9.17) is 0 Å². The maximum atomic E-state index is 13.1. The number of carbonyl (C=O) groups excluding carboxylic acids is 2. The van der Waals surface area contributed by atoms with E-state index in [1.54, 1.807) is 0 Å². The van der Waals surface area contributed by atoms with Gasteiger partial charge in [0.25, 0.3) is 0 Å². The van der Waals surface area contributed by atoms with E-state index in [9.17, 15) is 9.59 Å². The molecule has 5 heteroatoms. The van der Waals surface area contributed by atoms with E-state index in [0.717, 1.165) is 38.5 Å². The quantitative estimate of drug-likeness (QED) is 0.851. The third kappa shape index (κ3) is 2.58. The SMILES string of the molecule is CSC1CCCC(N2C(=O)C3(CCCC3)NC(=O)C2C)C1. The maximum Gasteiger partial charge on any atom is 0.249 e. The van der Waals surface area contributed by atoms with Crippen LogP contribution in [0, 0.1) is 0 Å². The number of amides is 2. The smallest absolute Gasteiger partial charge is 0.249 e. The summed E-state index contributed by atoms with van der Waals surface area (Å²) in [6, 6.07) is -0.0587. The Morgan fingerprint density at radius 2 is 1.90 bits per heavy atom. The van der Waals surface area contributed by atoms with Crippen LogP contribution in [0.15, 0.2) is 0 Å². The standard InChI is InChI=1S/C16H26N2O2S/c1-11-14(19)17-16(8-3-4-9-16)15(20)18(11)12-6-5-7-13(10-12)21-2/h11-13H,3-10H2,1-2H3,(H,17,19). The van der Waals surface area contributed by atoms with Crippen LogP contribution >= 0.6 is 11.8 Å². The molecule has 3 fully saturated rings. The van der Waals surface area contributed by atoms with Crippen LogP contribution in [0.4, 0.5) is 0 Å². The molecule has 2 aliphatic carbocycles. The largest absolute Gasteiger partial charge is 0.340 e. The molecule has 2 saturated carbocycles. The third-order valence-corrected chi connectivity index (χ3v) is 6.68. The third-order valence-electron chi connectivity index (χ3n) is 5.59. The minimum atomic E-state index is -0.574. The Bertz CT molecular complexity index is 434. The molecule has 0 radical (unpaired) electrons. The highest BCUT2D eigenvalue weighted by Crippen LogP contribution is 2.38. The summed E-state index contributed by atoms with van der Waals surface area (Å²) in [4.78, 5) is 27.4. The van der Waals surface area contributed by atoms with Gasteiger partial charge in [0.05, 0.1) is 0 Å².